The molecule has 2 aromatic rings. The highest BCUT2D eigenvalue weighted by Crippen LogP contribution is 2.24. The highest BCUT2D eigenvalue weighted by Gasteiger charge is 2.19. The molecule has 25 heavy (non-hydrogen) atoms. The molecule has 0 unspecified atom stereocenters. The Morgan fingerprint density at radius 1 is 1.08 bits per heavy atom. The molecule has 3 rings (SSSR count). The Hall–Kier alpha value is -1.86. The molecule has 1 saturated heterocycles. The molecule has 0 spiro atoms. The SMILES string of the molecule is CCCC1COC(C#Cc2ccc(-c3ccc(Cl)c(F)c3)cc2)OC1. The summed E-state index contributed by atoms with van der Waals surface area (Å²) in [6, 6.07) is 12.4. The first kappa shape index (κ1) is 17.9. The van der Waals surface area contributed by atoms with Crippen LogP contribution < -0.4 is 0 Å². The lowest BCUT2D eigenvalue weighted by atomic mass is 10.0. The summed E-state index contributed by atoms with van der Waals surface area (Å²) in [6.45, 7) is 3.57. The highest BCUT2D eigenvalue weighted by atomic mass is 35.5. The zero-order chi connectivity index (χ0) is 17.6. The van der Waals surface area contributed by atoms with Crippen LogP contribution >= 0.6 is 11.6 Å². The molecule has 1 aliphatic heterocycles. The summed E-state index contributed by atoms with van der Waals surface area (Å²) < 4.78 is 24.8. The number of benzene rings is 2. The summed E-state index contributed by atoms with van der Waals surface area (Å²) in [7, 11) is 0. The number of rotatable bonds is 3. The predicted molar refractivity (Wildman–Crippen MR) is 97.8 cm³/mol. The van der Waals surface area contributed by atoms with Crippen molar-refractivity contribution in [3.63, 3.8) is 0 Å². The Balaban J connectivity index is 1.63. The average molecular weight is 359 g/mol. The fourth-order valence-corrected chi connectivity index (χ4v) is 2.88. The van der Waals surface area contributed by atoms with Gasteiger partial charge in [0, 0.05) is 11.5 Å². The summed E-state index contributed by atoms with van der Waals surface area (Å²) in [6.07, 6.45) is 1.79. The largest absolute Gasteiger partial charge is 0.342 e. The van der Waals surface area contributed by atoms with Crippen LogP contribution in [0.4, 0.5) is 4.39 Å². The highest BCUT2D eigenvalue weighted by molar-refractivity contribution is 6.30. The van der Waals surface area contributed by atoms with Crippen LogP contribution in [0, 0.1) is 23.6 Å². The minimum absolute atomic E-state index is 0.125. The summed E-state index contributed by atoms with van der Waals surface area (Å²) in [5.41, 5.74) is 2.55. The van der Waals surface area contributed by atoms with E-state index in [1.165, 1.54) is 6.07 Å². The van der Waals surface area contributed by atoms with E-state index in [1.54, 1.807) is 12.1 Å². The molecule has 4 heteroatoms. The molecule has 0 aromatic heterocycles. The molecule has 0 aliphatic carbocycles. The first-order valence-corrected chi connectivity index (χ1v) is 8.83. The first-order valence-electron chi connectivity index (χ1n) is 8.46. The van der Waals surface area contributed by atoms with Crippen LogP contribution in [0.1, 0.15) is 25.3 Å². The van der Waals surface area contributed by atoms with E-state index in [0.29, 0.717) is 19.1 Å². The summed E-state index contributed by atoms with van der Waals surface area (Å²) in [5, 5.41) is 0.125. The van der Waals surface area contributed by atoms with Gasteiger partial charge in [-0.1, -0.05) is 49.1 Å². The number of halogens is 2. The molecule has 2 nitrogen and oxygen atoms in total. The molecule has 0 N–H and O–H groups in total. The monoisotopic (exact) mass is 358 g/mol. The van der Waals surface area contributed by atoms with Crippen LogP contribution in [0.3, 0.4) is 0 Å². The molecule has 1 fully saturated rings. The molecule has 0 bridgehead atoms. The van der Waals surface area contributed by atoms with Crippen molar-refractivity contribution in [2.75, 3.05) is 13.2 Å². The van der Waals surface area contributed by atoms with Gasteiger partial charge in [0.05, 0.1) is 18.2 Å². The third-order valence-corrected chi connectivity index (χ3v) is 4.44. The van der Waals surface area contributed by atoms with Crippen molar-refractivity contribution in [2.45, 2.75) is 26.1 Å². The second-order valence-corrected chi connectivity index (χ2v) is 6.54. The minimum atomic E-state index is -0.460. The molecule has 0 atom stereocenters. The van der Waals surface area contributed by atoms with E-state index < -0.39 is 12.1 Å². The van der Waals surface area contributed by atoms with Crippen molar-refractivity contribution in [3.8, 4) is 23.0 Å². The maximum atomic E-state index is 13.6. The molecular weight excluding hydrogens is 339 g/mol. The van der Waals surface area contributed by atoms with Crippen LogP contribution in [-0.2, 0) is 9.47 Å². The first-order chi connectivity index (χ1) is 12.2. The summed E-state index contributed by atoms with van der Waals surface area (Å²) >= 11 is 5.72. The second-order valence-electron chi connectivity index (χ2n) is 6.13. The smallest absolute Gasteiger partial charge is 0.222 e. The van der Waals surface area contributed by atoms with E-state index >= 15 is 0 Å². The van der Waals surface area contributed by atoms with Gasteiger partial charge in [-0.25, -0.2) is 4.39 Å². The van der Waals surface area contributed by atoms with Crippen molar-refractivity contribution in [2.24, 2.45) is 5.92 Å². The normalized spacial score (nSPS) is 20.0. The van der Waals surface area contributed by atoms with Crippen molar-refractivity contribution >= 4 is 11.6 Å². The molecule has 2 aromatic carbocycles. The van der Waals surface area contributed by atoms with Gasteiger partial charge in [-0.3, -0.25) is 0 Å². The van der Waals surface area contributed by atoms with Gasteiger partial charge in [-0.2, -0.15) is 0 Å². The standard InChI is InChI=1S/C21H20ClFO2/c1-2-3-16-13-24-21(25-14-16)11-6-15-4-7-17(8-5-15)18-9-10-19(22)20(23)12-18/h4-5,7-10,12,16,21H,2-3,13-14H2,1H3. The summed E-state index contributed by atoms with van der Waals surface area (Å²) in [5.74, 6) is 6.12. The Labute approximate surface area is 152 Å². The molecule has 1 aliphatic rings. The van der Waals surface area contributed by atoms with E-state index in [9.17, 15) is 4.39 Å². The number of ether oxygens (including phenoxy) is 2. The van der Waals surface area contributed by atoms with E-state index in [4.69, 9.17) is 21.1 Å². The van der Waals surface area contributed by atoms with E-state index in [-0.39, 0.29) is 5.02 Å². The molecule has 0 saturated carbocycles. The molecular formula is C21H20ClFO2. The van der Waals surface area contributed by atoms with Gasteiger partial charge >= 0.3 is 0 Å². The Kier molecular flexibility index (Phi) is 6.09. The topological polar surface area (TPSA) is 18.5 Å². The Bertz CT molecular complexity index is 769. The Morgan fingerprint density at radius 2 is 1.76 bits per heavy atom. The van der Waals surface area contributed by atoms with E-state index in [2.05, 4.69) is 18.8 Å². The van der Waals surface area contributed by atoms with Gasteiger partial charge in [0.2, 0.25) is 6.29 Å². The fraction of sp³-hybridized carbons (Fsp3) is 0.333. The van der Waals surface area contributed by atoms with Gasteiger partial charge in [0.25, 0.3) is 0 Å². The molecule has 1 heterocycles. The maximum Gasteiger partial charge on any atom is 0.222 e. The third-order valence-electron chi connectivity index (χ3n) is 4.14. The van der Waals surface area contributed by atoms with Gasteiger partial charge in [0.1, 0.15) is 5.82 Å². The molecule has 0 amide bonds. The van der Waals surface area contributed by atoms with Gasteiger partial charge < -0.3 is 9.47 Å². The number of hydrogen-bond donors (Lipinski definition) is 0. The van der Waals surface area contributed by atoms with Crippen molar-refractivity contribution in [3.05, 3.63) is 58.9 Å². The lowest BCUT2D eigenvalue weighted by molar-refractivity contribution is -0.170. The van der Waals surface area contributed by atoms with E-state index in [0.717, 1.165) is 29.5 Å². The quantitative estimate of drug-likeness (QED) is 0.694. The van der Waals surface area contributed by atoms with Crippen LogP contribution in [0.15, 0.2) is 42.5 Å². The molecule has 0 radical (unpaired) electrons. The van der Waals surface area contributed by atoms with Crippen LogP contribution in [0.25, 0.3) is 11.1 Å². The van der Waals surface area contributed by atoms with Crippen LogP contribution in [-0.4, -0.2) is 19.5 Å². The zero-order valence-electron chi connectivity index (χ0n) is 14.1. The number of hydrogen-bond acceptors (Lipinski definition) is 2. The maximum absolute atomic E-state index is 13.6. The van der Waals surface area contributed by atoms with Gasteiger partial charge in [-0.05, 0) is 47.7 Å². The second kappa shape index (κ2) is 8.49. The fourth-order valence-electron chi connectivity index (χ4n) is 2.77. The van der Waals surface area contributed by atoms with Crippen molar-refractivity contribution in [1.82, 2.24) is 0 Å². The van der Waals surface area contributed by atoms with Crippen LogP contribution in [0.2, 0.25) is 5.02 Å². The summed E-state index contributed by atoms with van der Waals surface area (Å²) in [4.78, 5) is 0. The zero-order valence-corrected chi connectivity index (χ0v) is 14.9. The Morgan fingerprint density at radius 3 is 2.40 bits per heavy atom. The third kappa shape index (κ3) is 4.83. The van der Waals surface area contributed by atoms with Gasteiger partial charge in [0.15, 0.2) is 0 Å². The molecule has 130 valence electrons. The van der Waals surface area contributed by atoms with Crippen molar-refractivity contribution < 1.29 is 13.9 Å². The van der Waals surface area contributed by atoms with E-state index in [1.807, 2.05) is 24.3 Å². The van der Waals surface area contributed by atoms with Gasteiger partial charge in [-0.15, -0.1) is 0 Å². The lowest BCUT2D eigenvalue weighted by Gasteiger charge is -2.26. The van der Waals surface area contributed by atoms with Crippen LogP contribution in [0.5, 0.6) is 0 Å². The predicted octanol–water partition coefficient (Wildman–Crippen LogP) is 5.29. The minimum Gasteiger partial charge on any atom is -0.342 e. The van der Waals surface area contributed by atoms with Crippen molar-refractivity contribution in [1.29, 1.82) is 0 Å². The average Bonchev–Trinajstić information content (AvgIpc) is 2.64. The lowest BCUT2D eigenvalue weighted by Crippen LogP contribution is -2.31.